The van der Waals surface area contributed by atoms with Crippen molar-refractivity contribution in [2.45, 2.75) is 19.4 Å². The second-order valence-corrected chi connectivity index (χ2v) is 3.71. The quantitative estimate of drug-likeness (QED) is 0.836. The molecule has 66 valence electrons. The number of nitrogens with two attached hydrogens (primary N) is 1. The number of carbonyl (C=O) groups excluding carboxylic acids is 1. The lowest BCUT2D eigenvalue weighted by Crippen LogP contribution is -2.26. The summed E-state index contributed by atoms with van der Waals surface area (Å²) in [5.41, 5.74) is 5.19. The van der Waals surface area contributed by atoms with E-state index < -0.39 is 0 Å². The number of rotatable bonds is 3. The summed E-state index contributed by atoms with van der Waals surface area (Å²) >= 11 is 2.14. The Labute approximate surface area is 84.3 Å². The molecule has 1 aromatic heterocycles. The first kappa shape index (κ1) is 9.50. The van der Waals surface area contributed by atoms with Crippen LogP contribution in [0, 0.1) is 3.57 Å². The molecule has 0 spiro atoms. The number of aromatic nitrogens is 2. The van der Waals surface area contributed by atoms with Crippen LogP contribution in [-0.2, 0) is 4.79 Å². The molecule has 0 aromatic carbocycles. The molecule has 0 saturated heterocycles. The van der Waals surface area contributed by atoms with Gasteiger partial charge in [-0.3, -0.25) is 9.48 Å². The summed E-state index contributed by atoms with van der Waals surface area (Å²) in [6, 6.07) is -0.312. The van der Waals surface area contributed by atoms with Crippen molar-refractivity contribution in [3.63, 3.8) is 0 Å². The van der Waals surface area contributed by atoms with E-state index in [4.69, 9.17) is 5.73 Å². The molecule has 0 fully saturated rings. The summed E-state index contributed by atoms with van der Waals surface area (Å²) in [7, 11) is 0. The second kappa shape index (κ2) is 3.88. The van der Waals surface area contributed by atoms with Crippen LogP contribution in [0.1, 0.15) is 19.4 Å². The van der Waals surface area contributed by atoms with Gasteiger partial charge in [-0.05, 0) is 29.0 Å². The van der Waals surface area contributed by atoms with E-state index in [1.807, 2.05) is 6.92 Å². The molecule has 1 atom stereocenters. The highest BCUT2D eigenvalue weighted by molar-refractivity contribution is 14.1. The fraction of sp³-hybridized carbons (Fsp3) is 0.429. The Hall–Kier alpha value is -0.590. The van der Waals surface area contributed by atoms with Crippen LogP contribution in [0.4, 0.5) is 0 Å². The van der Waals surface area contributed by atoms with Gasteiger partial charge in [0.15, 0.2) is 0 Å². The van der Waals surface area contributed by atoms with Gasteiger partial charge in [0.25, 0.3) is 0 Å². The number of hydrogen-bond donors (Lipinski definition) is 1. The number of primary amides is 1. The van der Waals surface area contributed by atoms with Crippen LogP contribution in [-0.4, -0.2) is 15.7 Å². The fourth-order valence-corrected chi connectivity index (χ4v) is 1.41. The van der Waals surface area contributed by atoms with Crippen molar-refractivity contribution in [1.82, 2.24) is 9.78 Å². The molecule has 0 aliphatic carbocycles. The lowest BCUT2D eigenvalue weighted by Gasteiger charge is -2.10. The number of amides is 1. The molecule has 1 heterocycles. The van der Waals surface area contributed by atoms with Crippen molar-refractivity contribution < 1.29 is 4.79 Å². The maximum Gasteiger partial charge on any atom is 0.242 e. The average Bonchev–Trinajstić information content (AvgIpc) is 2.37. The first-order valence-electron chi connectivity index (χ1n) is 3.64. The molecule has 0 bridgehead atoms. The van der Waals surface area contributed by atoms with Gasteiger partial charge in [-0.15, -0.1) is 0 Å². The van der Waals surface area contributed by atoms with Crippen molar-refractivity contribution in [3.8, 4) is 0 Å². The van der Waals surface area contributed by atoms with Crippen LogP contribution in [0.3, 0.4) is 0 Å². The molecule has 1 aromatic rings. The standard InChI is InChI=1S/C7H10IN3O/c1-2-6(7(9)12)11-4-5(8)3-10-11/h3-4,6H,2H2,1H3,(H2,9,12). The first-order chi connectivity index (χ1) is 5.65. The van der Waals surface area contributed by atoms with Crippen molar-refractivity contribution in [2.24, 2.45) is 5.73 Å². The highest BCUT2D eigenvalue weighted by Gasteiger charge is 2.15. The van der Waals surface area contributed by atoms with Gasteiger partial charge in [0.2, 0.25) is 5.91 Å². The monoisotopic (exact) mass is 279 g/mol. The van der Waals surface area contributed by atoms with Gasteiger partial charge in [-0.25, -0.2) is 0 Å². The van der Waals surface area contributed by atoms with Crippen LogP contribution >= 0.6 is 22.6 Å². The largest absolute Gasteiger partial charge is 0.368 e. The van der Waals surface area contributed by atoms with Crippen molar-refractivity contribution in [3.05, 3.63) is 16.0 Å². The Morgan fingerprint density at radius 1 is 1.92 bits per heavy atom. The molecule has 0 radical (unpaired) electrons. The molecule has 0 aliphatic rings. The van der Waals surface area contributed by atoms with Crippen molar-refractivity contribution in [2.75, 3.05) is 0 Å². The van der Waals surface area contributed by atoms with Crippen LogP contribution < -0.4 is 5.73 Å². The van der Waals surface area contributed by atoms with Gasteiger partial charge in [0.05, 0.1) is 9.77 Å². The molecule has 4 nitrogen and oxygen atoms in total. The van der Waals surface area contributed by atoms with Gasteiger partial charge in [0.1, 0.15) is 6.04 Å². The lowest BCUT2D eigenvalue weighted by molar-refractivity contribution is -0.121. The molecule has 12 heavy (non-hydrogen) atoms. The average molecular weight is 279 g/mol. The maximum absolute atomic E-state index is 10.9. The van der Waals surface area contributed by atoms with Crippen LogP contribution in [0.5, 0.6) is 0 Å². The summed E-state index contributed by atoms with van der Waals surface area (Å²) in [5, 5.41) is 4.02. The molecule has 0 saturated carbocycles. The predicted molar refractivity (Wildman–Crippen MR) is 53.5 cm³/mol. The lowest BCUT2D eigenvalue weighted by atomic mass is 10.2. The molecular weight excluding hydrogens is 269 g/mol. The third-order valence-electron chi connectivity index (χ3n) is 1.60. The molecular formula is C7H10IN3O. The molecule has 1 amide bonds. The second-order valence-electron chi connectivity index (χ2n) is 2.46. The van der Waals surface area contributed by atoms with E-state index in [1.54, 1.807) is 17.1 Å². The molecule has 0 aliphatic heterocycles. The van der Waals surface area contributed by atoms with Crippen LogP contribution in [0.25, 0.3) is 0 Å². The number of hydrogen-bond acceptors (Lipinski definition) is 2. The molecule has 5 heteroatoms. The third kappa shape index (κ3) is 1.96. The highest BCUT2D eigenvalue weighted by atomic mass is 127. The zero-order valence-electron chi connectivity index (χ0n) is 6.70. The van der Waals surface area contributed by atoms with Gasteiger partial charge < -0.3 is 5.73 Å². The van der Waals surface area contributed by atoms with Crippen LogP contribution in [0.15, 0.2) is 12.4 Å². The molecule has 2 N–H and O–H groups in total. The highest BCUT2D eigenvalue weighted by Crippen LogP contribution is 2.11. The molecule has 1 unspecified atom stereocenters. The van der Waals surface area contributed by atoms with Crippen molar-refractivity contribution in [1.29, 1.82) is 0 Å². The minimum absolute atomic E-state index is 0.312. The Morgan fingerprint density at radius 2 is 2.58 bits per heavy atom. The van der Waals surface area contributed by atoms with E-state index in [1.165, 1.54) is 0 Å². The van der Waals surface area contributed by atoms with E-state index in [9.17, 15) is 4.79 Å². The smallest absolute Gasteiger partial charge is 0.242 e. The van der Waals surface area contributed by atoms with Crippen LogP contribution in [0.2, 0.25) is 0 Å². The van der Waals surface area contributed by atoms with E-state index in [2.05, 4.69) is 27.7 Å². The van der Waals surface area contributed by atoms with E-state index >= 15 is 0 Å². The topological polar surface area (TPSA) is 60.9 Å². The number of carbonyl (C=O) groups is 1. The number of nitrogens with zero attached hydrogens (tertiary/aromatic N) is 2. The Kier molecular flexibility index (Phi) is 3.07. The van der Waals surface area contributed by atoms with Gasteiger partial charge in [-0.2, -0.15) is 5.10 Å². The predicted octanol–water partition coefficient (Wildman–Crippen LogP) is 0.924. The van der Waals surface area contributed by atoms with Gasteiger partial charge >= 0.3 is 0 Å². The summed E-state index contributed by atoms with van der Waals surface area (Å²) in [6.07, 6.45) is 4.18. The Balaban J connectivity index is 2.87. The maximum atomic E-state index is 10.9. The summed E-state index contributed by atoms with van der Waals surface area (Å²) in [6.45, 7) is 1.91. The fourth-order valence-electron chi connectivity index (χ4n) is 1.00. The Morgan fingerprint density at radius 3 is 2.92 bits per heavy atom. The Bertz CT molecular complexity index is 284. The van der Waals surface area contributed by atoms with E-state index in [0.717, 1.165) is 3.57 Å². The summed E-state index contributed by atoms with van der Waals surface area (Å²) in [4.78, 5) is 10.9. The first-order valence-corrected chi connectivity index (χ1v) is 4.72. The van der Waals surface area contributed by atoms with Gasteiger partial charge in [0, 0.05) is 6.20 Å². The normalized spacial score (nSPS) is 12.8. The molecule has 1 rings (SSSR count). The summed E-state index contributed by atoms with van der Waals surface area (Å²) < 4.78 is 2.61. The minimum atomic E-state index is -0.336. The van der Waals surface area contributed by atoms with E-state index in [0.29, 0.717) is 6.42 Å². The zero-order chi connectivity index (χ0) is 9.14. The van der Waals surface area contributed by atoms with E-state index in [-0.39, 0.29) is 11.9 Å². The minimum Gasteiger partial charge on any atom is -0.368 e. The van der Waals surface area contributed by atoms with Crippen molar-refractivity contribution >= 4 is 28.5 Å². The third-order valence-corrected chi connectivity index (χ3v) is 2.16. The van der Waals surface area contributed by atoms with Gasteiger partial charge in [-0.1, -0.05) is 6.92 Å². The summed E-state index contributed by atoms with van der Waals surface area (Å²) in [5.74, 6) is -0.336. The SMILES string of the molecule is CCC(C(N)=O)n1cc(I)cn1. The zero-order valence-corrected chi connectivity index (χ0v) is 8.85. The number of halogens is 1.